The molecule has 2 heterocycles. The second kappa shape index (κ2) is 4.35. The lowest BCUT2D eigenvalue weighted by Crippen LogP contribution is -1.87. The van der Waals surface area contributed by atoms with Crippen molar-refractivity contribution in [3.05, 3.63) is 65.1 Å². The summed E-state index contributed by atoms with van der Waals surface area (Å²) in [6.07, 6.45) is 4.61. The molecule has 4 heteroatoms. The van der Waals surface area contributed by atoms with Crippen LogP contribution in [0.25, 0.3) is 5.65 Å². The molecule has 1 aromatic carbocycles. The normalized spacial score (nSPS) is 10.9. The highest BCUT2D eigenvalue weighted by Gasteiger charge is 2.05. The summed E-state index contributed by atoms with van der Waals surface area (Å²) in [6, 6.07) is 10.9. The van der Waals surface area contributed by atoms with Crippen molar-refractivity contribution >= 4 is 17.2 Å². The molecular formula is C14H11ClN2O. The Morgan fingerprint density at radius 3 is 2.67 bits per heavy atom. The fourth-order valence-corrected chi connectivity index (χ4v) is 2.15. The van der Waals surface area contributed by atoms with Crippen LogP contribution >= 0.6 is 11.6 Å². The van der Waals surface area contributed by atoms with Crippen LogP contribution in [0, 0.1) is 0 Å². The maximum atomic E-state index is 9.24. The molecule has 0 saturated heterocycles. The van der Waals surface area contributed by atoms with Gasteiger partial charge in [0.25, 0.3) is 0 Å². The van der Waals surface area contributed by atoms with E-state index in [4.69, 9.17) is 11.6 Å². The molecule has 18 heavy (non-hydrogen) atoms. The molecule has 0 unspecified atom stereocenters. The van der Waals surface area contributed by atoms with Crippen molar-refractivity contribution in [1.82, 2.24) is 9.38 Å². The Morgan fingerprint density at radius 1 is 1.17 bits per heavy atom. The first-order valence-electron chi connectivity index (χ1n) is 5.62. The number of phenols is 1. The molecule has 0 saturated carbocycles. The van der Waals surface area contributed by atoms with Crippen molar-refractivity contribution in [2.24, 2.45) is 0 Å². The number of phenolic OH excluding ortho intramolecular Hbond substituents is 1. The summed E-state index contributed by atoms with van der Waals surface area (Å²) in [5, 5.41) is 9.88. The smallest absolute Gasteiger partial charge is 0.155 e. The van der Waals surface area contributed by atoms with E-state index in [2.05, 4.69) is 4.98 Å². The SMILES string of the molecule is Oc1ccc(Cc2cn3cccc(Cl)c3n2)cc1. The third kappa shape index (κ3) is 2.05. The zero-order valence-electron chi connectivity index (χ0n) is 9.55. The molecule has 3 nitrogen and oxygen atoms in total. The lowest BCUT2D eigenvalue weighted by atomic mass is 10.1. The minimum absolute atomic E-state index is 0.275. The minimum Gasteiger partial charge on any atom is -0.508 e. The molecule has 0 aliphatic carbocycles. The molecule has 0 aliphatic rings. The highest BCUT2D eigenvalue weighted by molar-refractivity contribution is 6.33. The zero-order valence-corrected chi connectivity index (χ0v) is 10.3. The van der Waals surface area contributed by atoms with Gasteiger partial charge in [0.05, 0.1) is 10.7 Å². The van der Waals surface area contributed by atoms with Gasteiger partial charge in [-0.2, -0.15) is 0 Å². The number of halogens is 1. The molecule has 0 atom stereocenters. The predicted octanol–water partition coefficient (Wildman–Crippen LogP) is 3.28. The molecular weight excluding hydrogens is 248 g/mol. The highest BCUT2D eigenvalue weighted by Crippen LogP contribution is 2.18. The van der Waals surface area contributed by atoms with Gasteiger partial charge in [-0.15, -0.1) is 0 Å². The maximum Gasteiger partial charge on any atom is 0.155 e. The number of pyridine rings is 1. The Hall–Kier alpha value is -2.00. The number of fused-ring (bicyclic) bond motifs is 1. The van der Waals surface area contributed by atoms with Gasteiger partial charge >= 0.3 is 0 Å². The maximum absolute atomic E-state index is 9.24. The summed E-state index contributed by atoms with van der Waals surface area (Å²) in [5.41, 5.74) is 2.83. The first-order chi connectivity index (χ1) is 8.72. The second-order valence-electron chi connectivity index (χ2n) is 4.16. The van der Waals surface area contributed by atoms with Gasteiger partial charge in [0.15, 0.2) is 5.65 Å². The van der Waals surface area contributed by atoms with Crippen LogP contribution in [0.5, 0.6) is 5.75 Å². The number of hydrogen-bond acceptors (Lipinski definition) is 2. The van der Waals surface area contributed by atoms with Gasteiger partial charge in [0.1, 0.15) is 5.75 Å². The predicted molar refractivity (Wildman–Crippen MR) is 71.1 cm³/mol. The van der Waals surface area contributed by atoms with Crippen LogP contribution in [0.3, 0.4) is 0 Å². The second-order valence-corrected chi connectivity index (χ2v) is 4.57. The number of nitrogens with zero attached hydrogens (tertiary/aromatic N) is 2. The summed E-state index contributed by atoms with van der Waals surface area (Å²) in [7, 11) is 0. The van der Waals surface area contributed by atoms with E-state index in [1.165, 1.54) is 0 Å². The van der Waals surface area contributed by atoms with E-state index < -0.39 is 0 Å². The fourth-order valence-electron chi connectivity index (χ4n) is 1.94. The van der Waals surface area contributed by atoms with Crippen molar-refractivity contribution in [3.8, 4) is 5.75 Å². The van der Waals surface area contributed by atoms with E-state index in [0.29, 0.717) is 5.02 Å². The quantitative estimate of drug-likeness (QED) is 0.766. The Bertz CT molecular complexity index is 689. The summed E-state index contributed by atoms with van der Waals surface area (Å²) < 4.78 is 1.91. The topological polar surface area (TPSA) is 37.5 Å². The Balaban J connectivity index is 1.95. The van der Waals surface area contributed by atoms with Crippen molar-refractivity contribution in [2.45, 2.75) is 6.42 Å². The average molecular weight is 259 g/mol. The van der Waals surface area contributed by atoms with E-state index in [-0.39, 0.29) is 5.75 Å². The standard InChI is InChI=1S/C14H11ClN2O/c15-13-2-1-7-17-9-11(16-14(13)17)8-10-3-5-12(18)6-4-10/h1-7,9,18H,8H2. The molecule has 3 aromatic rings. The molecule has 0 spiro atoms. The lowest BCUT2D eigenvalue weighted by molar-refractivity contribution is 0.475. The van der Waals surface area contributed by atoms with Crippen molar-refractivity contribution in [2.75, 3.05) is 0 Å². The summed E-state index contributed by atoms with van der Waals surface area (Å²) in [6.45, 7) is 0. The molecule has 0 aliphatic heterocycles. The van der Waals surface area contributed by atoms with E-state index in [0.717, 1.165) is 23.3 Å². The molecule has 2 aromatic heterocycles. The van der Waals surface area contributed by atoms with Crippen LogP contribution in [0.1, 0.15) is 11.3 Å². The summed E-state index contributed by atoms with van der Waals surface area (Å²) in [4.78, 5) is 4.50. The molecule has 0 fully saturated rings. The Labute approximate surface area is 109 Å². The molecule has 90 valence electrons. The van der Waals surface area contributed by atoms with Crippen LogP contribution in [0.15, 0.2) is 48.8 Å². The van der Waals surface area contributed by atoms with E-state index in [9.17, 15) is 5.11 Å². The van der Waals surface area contributed by atoms with Gasteiger partial charge in [-0.25, -0.2) is 4.98 Å². The third-order valence-corrected chi connectivity index (χ3v) is 3.10. The largest absolute Gasteiger partial charge is 0.508 e. The highest BCUT2D eigenvalue weighted by atomic mass is 35.5. The fraction of sp³-hybridized carbons (Fsp3) is 0.0714. The minimum atomic E-state index is 0.275. The van der Waals surface area contributed by atoms with Crippen LogP contribution in [-0.2, 0) is 6.42 Å². The van der Waals surface area contributed by atoms with E-state index >= 15 is 0 Å². The molecule has 3 rings (SSSR count). The van der Waals surface area contributed by atoms with Gasteiger partial charge in [-0.3, -0.25) is 0 Å². The van der Waals surface area contributed by atoms with Gasteiger partial charge in [-0.05, 0) is 29.8 Å². The Kier molecular flexibility index (Phi) is 2.68. The van der Waals surface area contributed by atoms with Gasteiger partial charge in [0, 0.05) is 18.8 Å². The molecule has 0 amide bonds. The first kappa shape index (κ1) is 11.1. The van der Waals surface area contributed by atoms with Crippen LogP contribution in [0.2, 0.25) is 5.02 Å². The number of rotatable bonds is 2. The van der Waals surface area contributed by atoms with Gasteiger partial charge in [-0.1, -0.05) is 23.7 Å². The monoisotopic (exact) mass is 258 g/mol. The summed E-state index contributed by atoms with van der Waals surface area (Å²) >= 11 is 6.08. The molecule has 0 radical (unpaired) electrons. The first-order valence-corrected chi connectivity index (χ1v) is 6.00. The third-order valence-electron chi connectivity index (χ3n) is 2.81. The van der Waals surface area contributed by atoms with Crippen LogP contribution in [0.4, 0.5) is 0 Å². The number of imidazole rings is 1. The van der Waals surface area contributed by atoms with Crippen LogP contribution in [-0.4, -0.2) is 14.5 Å². The Morgan fingerprint density at radius 2 is 1.94 bits per heavy atom. The summed E-state index contributed by atoms with van der Waals surface area (Å²) in [5.74, 6) is 0.275. The zero-order chi connectivity index (χ0) is 12.5. The average Bonchev–Trinajstić information content (AvgIpc) is 2.76. The van der Waals surface area contributed by atoms with Crippen LogP contribution < -0.4 is 0 Å². The van der Waals surface area contributed by atoms with Crippen molar-refractivity contribution in [3.63, 3.8) is 0 Å². The number of benzene rings is 1. The van der Waals surface area contributed by atoms with E-state index in [1.807, 2.05) is 41.1 Å². The number of hydrogen-bond donors (Lipinski definition) is 1. The number of aromatic nitrogens is 2. The van der Waals surface area contributed by atoms with Crippen molar-refractivity contribution in [1.29, 1.82) is 0 Å². The van der Waals surface area contributed by atoms with Gasteiger partial charge in [0.2, 0.25) is 0 Å². The molecule has 1 N–H and O–H groups in total. The van der Waals surface area contributed by atoms with Gasteiger partial charge < -0.3 is 9.51 Å². The lowest BCUT2D eigenvalue weighted by Gasteiger charge is -1.97. The van der Waals surface area contributed by atoms with Crippen molar-refractivity contribution < 1.29 is 5.11 Å². The number of aromatic hydroxyl groups is 1. The molecule has 0 bridgehead atoms. The van der Waals surface area contributed by atoms with E-state index in [1.54, 1.807) is 12.1 Å².